The first-order valence-electron chi connectivity index (χ1n) is 10.9. The van der Waals surface area contributed by atoms with E-state index in [0.29, 0.717) is 24.6 Å². The fourth-order valence-electron chi connectivity index (χ4n) is 4.31. The Morgan fingerprint density at radius 1 is 1.06 bits per heavy atom. The zero-order valence-electron chi connectivity index (χ0n) is 18.1. The van der Waals surface area contributed by atoms with E-state index in [-0.39, 0.29) is 5.91 Å². The van der Waals surface area contributed by atoms with Gasteiger partial charge in [0.1, 0.15) is 0 Å². The van der Waals surface area contributed by atoms with Crippen molar-refractivity contribution in [2.24, 2.45) is 5.92 Å². The minimum absolute atomic E-state index is 0.124. The number of amides is 1. The van der Waals surface area contributed by atoms with Crippen LogP contribution in [-0.4, -0.2) is 41.0 Å². The van der Waals surface area contributed by atoms with Crippen LogP contribution in [0.3, 0.4) is 0 Å². The molecule has 4 rings (SSSR count). The number of fused-ring (bicyclic) bond motifs is 1. The number of piperidine rings is 1. The minimum Gasteiger partial charge on any atom is -0.449 e. The summed E-state index contributed by atoms with van der Waals surface area (Å²) < 4.78 is 5.58. The molecule has 1 saturated heterocycles. The van der Waals surface area contributed by atoms with E-state index in [4.69, 9.17) is 4.74 Å². The van der Waals surface area contributed by atoms with Crippen LogP contribution in [0.25, 0.3) is 10.9 Å². The van der Waals surface area contributed by atoms with Gasteiger partial charge in [-0.15, -0.1) is 0 Å². The van der Waals surface area contributed by atoms with Crippen LogP contribution in [0.5, 0.6) is 0 Å². The molecule has 1 aliphatic rings. The number of esters is 1. The molecule has 1 aromatic heterocycles. The Labute approximate surface area is 183 Å². The Bertz CT molecular complexity index is 1070. The van der Waals surface area contributed by atoms with Gasteiger partial charge in [0.25, 0.3) is 5.91 Å². The van der Waals surface area contributed by atoms with Crippen LogP contribution in [0.2, 0.25) is 0 Å². The van der Waals surface area contributed by atoms with E-state index in [2.05, 4.69) is 29.2 Å². The molecule has 1 atom stereocenters. The standard InChI is InChI=1S/C26H28N2O3/c1-18-16-23(22-10-6-7-11-24(22)27-18)26(30)31-19(2)25(29)28-14-12-21(13-15-28)17-20-8-4-3-5-9-20/h3-11,16,19,21H,12-15,17H2,1-2H3/t19-/m0/s1. The van der Waals surface area contributed by atoms with E-state index in [1.807, 2.05) is 42.2 Å². The third-order valence-electron chi connectivity index (χ3n) is 5.99. The summed E-state index contributed by atoms with van der Waals surface area (Å²) in [5.41, 5.74) is 3.28. The number of para-hydroxylation sites is 1. The highest BCUT2D eigenvalue weighted by molar-refractivity contribution is 6.04. The van der Waals surface area contributed by atoms with Crippen molar-refractivity contribution in [2.75, 3.05) is 13.1 Å². The predicted octanol–water partition coefficient (Wildman–Crippen LogP) is 4.57. The maximum Gasteiger partial charge on any atom is 0.339 e. The number of rotatable bonds is 5. The summed E-state index contributed by atoms with van der Waals surface area (Å²) in [7, 11) is 0. The fourth-order valence-corrected chi connectivity index (χ4v) is 4.31. The summed E-state index contributed by atoms with van der Waals surface area (Å²) in [4.78, 5) is 32.0. The SMILES string of the molecule is Cc1cc(C(=O)O[C@@H](C)C(=O)N2CCC(Cc3ccccc3)CC2)c2ccccc2n1. The third-order valence-corrected chi connectivity index (χ3v) is 5.99. The highest BCUT2D eigenvalue weighted by Crippen LogP contribution is 2.23. The van der Waals surface area contributed by atoms with E-state index in [9.17, 15) is 9.59 Å². The molecule has 0 radical (unpaired) electrons. The second-order valence-electron chi connectivity index (χ2n) is 8.33. The molecule has 160 valence electrons. The lowest BCUT2D eigenvalue weighted by Crippen LogP contribution is -2.44. The van der Waals surface area contributed by atoms with E-state index < -0.39 is 12.1 Å². The number of hydrogen-bond donors (Lipinski definition) is 0. The number of nitrogens with zero attached hydrogens (tertiary/aromatic N) is 2. The van der Waals surface area contributed by atoms with Crippen LogP contribution in [-0.2, 0) is 16.0 Å². The molecule has 0 saturated carbocycles. The molecule has 0 aliphatic carbocycles. The Morgan fingerprint density at radius 3 is 2.48 bits per heavy atom. The fraction of sp³-hybridized carbons (Fsp3) is 0.346. The summed E-state index contributed by atoms with van der Waals surface area (Å²) in [6.07, 6.45) is 2.16. The molecule has 0 unspecified atom stereocenters. The lowest BCUT2D eigenvalue weighted by Gasteiger charge is -2.33. The van der Waals surface area contributed by atoms with Gasteiger partial charge in [0.2, 0.25) is 0 Å². The van der Waals surface area contributed by atoms with Gasteiger partial charge in [-0.2, -0.15) is 0 Å². The van der Waals surface area contributed by atoms with Gasteiger partial charge in [0.15, 0.2) is 6.10 Å². The second-order valence-corrected chi connectivity index (χ2v) is 8.33. The van der Waals surface area contributed by atoms with Crippen LogP contribution < -0.4 is 0 Å². The summed E-state index contributed by atoms with van der Waals surface area (Å²) in [6.45, 7) is 4.91. The number of likely N-dealkylation sites (tertiary alicyclic amines) is 1. The Hall–Kier alpha value is -3.21. The molecule has 2 heterocycles. The highest BCUT2D eigenvalue weighted by atomic mass is 16.5. The van der Waals surface area contributed by atoms with Gasteiger partial charge in [-0.3, -0.25) is 9.78 Å². The van der Waals surface area contributed by atoms with Gasteiger partial charge < -0.3 is 9.64 Å². The van der Waals surface area contributed by atoms with Crippen molar-refractivity contribution >= 4 is 22.8 Å². The van der Waals surface area contributed by atoms with Crippen molar-refractivity contribution in [3.05, 3.63) is 77.5 Å². The first-order chi connectivity index (χ1) is 15.0. The van der Waals surface area contributed by atoms with Gasteiger partial charge in [-0.25, -0.2) is 4.79 Å². The highest BCUT2D eigenvalue weighted by Gasteiger charge is 2.28. The number of benzene rings is 2. The van der Waals surface area contributed by atoms with Crippen molar-refractivity contribution in [1.82, 2.24) is 9.88 Å². The molecule has 3 aromatic rings. The van der Waals surface area contributed by atoms with Crippen molar-refractivity contribution in [1.29, 1.82) is 0 Å². The van der Waals surface area contributed by atoms with Crippen molar-refractivity contribution < 1.29 is 14.3 Å². The summed E-state index contributed by atoms with van der Waals surface area (Å²) in [5, 5.41) is 0.736. The monoisotopic (exact) mass is 416 g/mol. The van der Waals surface area contributed by atoms with Crippen LogP contribution >= 0.6 is 0 Å². The number of hydrogen-bond acceptors (Lipinski definition) is 4. The number of aromatic nitrogens is 1. The molecular formula is C26H28N2O3. The summed E-state index contributed by atoms with van der Waals surface area (Å²) in [6, 6.07) is 19.7. The van der Waals surface area contributed by atoms with Crippen LogP contribution in [0.1, 0.15) is 41.4 Å². The maximum atomic E-state index is 12.9. The normalized spacial score (nSPS) is 15.6. The number of carbonyl (C=O) groups is 2. The number of pyridine rings is 1. The molecule has 0 N–H and O–H groups in total. The Balaban J connectivity index is 1.36. The second kappa shape index (κ2) is 9.29. The molecule has 31 heavy (non-hydrogen) atoms. The molecule has 5 heteroatoms. The number of ether oxygens (including phenoxy) is 1. The molecule has 2 aromatic carbocycles. The van der Waals surface area contributed by atoms with E-state index in [1.165, 1.54) is 5.56 Å². The van der Waals surface area contributed by atoms with E-state index in [1.54, 1.807) is 13.0 Å². The zero-order valence-corrected chi connectivity index (χ0v) is 18.1. The summed E-state index contributed by atoms with van der Waals surface area (Å²) >= 11 is 0. The van der Waals surface area contributed by atoms with Gasteiger partial charge in [-0.05, 0) is 56.7 Å². The van der Waals surface area contributed by atoms with Crippen molar-refractivity contribution in [2.45, 2.75) is 39.2 Å². The third kappa shape index (κ3) is 4.93. The molecule has 0 spiro atoms. The molecular weight excluding hydrogens is 388 g/mol. The molecule has 1 fully saturated rings. The van der Waals surface area contributed by atoms with Gasteiger partial charge in [0, 0.05) is 24.2 Å². The number of aryl methyl sites for hydroxylation is 1. The largest absolute Gasteiger partial charge is 0.449 e. The van der Waals surface area contributed by atoms with Crippen molar-refractivity contribution in [3.63, 3.8) is 0 Å². The molecule has 1 aliphatic heterocycles. The van der Waals surface area contributed by atoms with Crippen molar-refractivity contribution in [3.8, 4) is 0 Å². The lowest BCUT2D eigenvalue weighted by molar-refractivity contribution is -0.141. The molecule has 0 bridgehead atoms. The van der Waals surface area contributed by atoms with Gasteiger partial charge >= 0.3 is 5.97 Å². The first-order valence-corrected chi connectivity index (χ1v) is 10.9. The topological polar surface area (TPSA) is 59.5 Å². The van der Waals surface area contributed by atoms with Crippen LogP contribution in [0.4, 0.5) is 0 Å². The van der Waals surface area contributed by atoms with Gasteiger partial charge in [-0.1, -0.05) is 48.5 Å². The predicted molar refractivity (Wildman–Crippen MR) is 121 cm³/mol. The maximum absolute atomic E-state index is 12.9. The van der Waals surface area contributed by atoms with Gasteiger partial charge in [0.05, 0.1) is 11.1 Å². The lowest BCUT2D eigenvalue weighted by atomic mass is 9.90. The van der Waals surface area contributed by atoms with Crippen LogP contribution in [0, 0.1) is 12.8 Å². The minimum atomic E-state index is -0.814. The van der Waals surface area contributed by atoms with E-state index >= 15 is 0 Å². The Kier molecular flexibility index (Phi) is 6.31. The zero-order chi connectivity index (χ0) is 21.8. The average Bonchev–Trinajstić information content (AvgIpc) is 2.79. The Morgan fingerprint density at radius 2 is 1.74 bits per heavy atom. The smallest absolute Gasteiger partial charge is 0.339 e. The van der Waals surface area contributed by atoms with Crippen LogP contribution in [0.15, 0.2) is 60.7 Å². The first kappa shape index (κ1) is 21.0. The quantitative estimate of drug-likeness (QED) is 0.572. The molecule has 5 nitrogen and oxygen atoms in total. The number of carbonyl (C=O) groups excluding carboxylic acids is 2. The average molecular weight is 417 g/mol. The van der Waals surface area contributed by atoms with E-state index in [0.717, 1.165) is 35.9 Å². The summed E-state index contributed by atoms with van der Waals surface area (Å²) in [5.74, 6) is -0.0291. The molecule has 1 amide bonds.